The van der Waals surface area contributed by atoms with Gasteiger partial charge in [0.2, 0.25) is 0 Å². The van der Waals surface area contributed by atoms with E-state index in [-0.39, 0.29) is 0 Å². The predicted octanol–water partition coefficient (Wildman–Crippen LogP) is 6.43. The molecule has 0 saturated heterocycles. The highest BCUT2D eigenvalue weighted by Crippen LogP contribution is 2.18. The van der Waals surface area contributed by atoms with E-state index < -0.39 is 0 Å². The third-order valence-corrected chi connectivity index (χ3v) is 4.23. The highest BCUT2D eigenvalue weighted by molar-refractivity contribution is 5.58. The number of unbranched alkanes of at least 4 members (excludes halogenated alkanes) is 7. The Labute approximate surface area is 135 Å². The zero-order valence-corrected chi connectivity index (χ0v) is 13.9. The summed E-state index contributed by atoms with van der Waals surface area (Å²) in [6.07, 6.45) is 14.1. The lowest BCUT2D eigenvalue weighted by Crippen LogP contribution is -1.88. The maximum absolute atomic E-state index is 4.40. The first kappa shape index (κ1) is 16.7. The van der Waals surface area contributed by atoms with Gasteiger partial charge in [-0.2, -0.15) is 0 Å². The van der Waals surface area contributed by atoms with Crippen molar-refractivity contribution in [1.29, 1.82) is 0 Å². The lowest BCUT2D eigenvalue weighted by atomic mass is 10.0. The minimum atomic E-state index is 1.06. The van der Waals surface area contributed by atoms with Gasteiger partial charge in [0.1, 0.15) is 0 Å². The van der Waals surface area contributed by atoms with Crippen LogP contribution in [0.3, 0.4) is 0 Å². The molecule has 0 spiro atoms. The van der Waals surface area contributed by atoms with Gasteiger partial charge in [0, 0.05) is 11.8 Å². The molecule has 0 radical (unpaired) electrons. The number of aryl methyl sites for hydroxylation is 1. The van der Waals surface area contributed by atoms with Crippen molar-refractivity contribution in [3.8, 4) is 11.3 Å². The molecule has 118 valence electrons. The third kappa shape index (κ3) is 6.01. The quantitative estimate of drug-likeness (QED) is 0.460. The summed E-state index contributed by atoms with van der Waals surface area (Å²) in [5.74, 6) is 0. The smallest absolute Gasteiger partial charge is 0.0701 e. The largest absolute Gasteiger partial charge is 0.256 e. The molecule has 0 N–H and O–H groups in total. The fraction of sp³-hybridized carbons (Fsp3) is 0.476. The number of benzene rings is 1. The van der Waals surface area contributed by atoms with Gasteiger partial charge in [-0.3, -0.25) is 4.98 Å². The van der Waals surface area contributed by atoms with Crippen LogP contribution in [0.1, 0.15) is 63.9 Å². The van der Waals surface area contributed by atoms with E-state index in [1.54, 1.807) is 0 Å². The average Bonchev–Trinajstić information content (AvgIpc) is 2.59. The summed E-state index contributed by atoms with van der Waals surface area (Å²) in [5, 5.41) is 0. The Morgan fingerprint density at radius 3 is 2.05 bits per heavy atom. The van der Waals surface area contributed by atoms with Crippen LogP contribution in [0, 0.1) is 0 Å². The van der Waals surface area contributed by atoms with Crippen molar-refractivity contribution in [3.63, 3.8) is 0 Å². The highest BCUT2D eigenvalue weighted by atomic mass is 14.7. The van der Waals surface area contributed by atoms with E-state index >= 15 is 0 Å². The molecule has 0 aliphatic carbocycles. The maximum Gasteiger partial charge on any atom is 0.0701 e. The summed E-state index contributed by atoms with van der Waals surface area (Å²) in [7, 11) is 0. The van der Waals surface area contributed by atoms with E-state index in [0.717, 1.165) is 5.69 Å². The van der Waals surface area contributed by atoms with E-state index in [2.05, 4.69) is 42.2 Å². The minimum absolute atomic E-state index is 1.06. The van der Waals surface area contributed by atoms with E-state index in [0.29, 0.717) is 0 Å². The van der Waals surface area contributed by atoms with Crippen molar-refractivity contribution in [2.75, 3.05) is 0 Å². The van der Waals surface area contributed by atoms with Crippen LogP contribution in [0.15, 0.2) is 48.7 Å². The number of aromatic nitrogens is 1. The van der Waals surface area contributed by atoms with Gasteiger partial charge in [-0.05, 0) is 30.5 Å². The molecular weight excluding hydrogens is 266 g/mol. The van der Waals surface area contributed by atoms with Gasteiger partial charge in [0.15, 0.2) is 0 Å². The molecule has 0 amide bonds. The molecule has 0 saturated carbocycles. The van der Waals surface area contributed by atoms with Gasteiger partial charge >= 0.3 is 0 Å². The van der Waals surface area contributed by atoms with Crippen molar-refractivity contribution in [3.05, 3.63) is 54.2 Å². The number of hydrogen-bond acceptors (Lipinski definition) is 1. The molecule has 1 heteroatoms. The van der Waals surface area contributed by atoms with Crippen molar-refractivity contribution in [1.82, 2.24) is 4.98 Å². The van der Waals surface area contributed by atoms with E-state index in [1.807, 2.05) is 18.3 Å². The van der Waals surface area contributed by atoms with Gasteiger partial charge in [-0.1, -0.05) is 82.2 Å². The summed E-state index contributed by atoms with van der Waals surface area (Å²) in [6.45, 7) is 2.28. The van der Waals surface area contributed by atoms with Crippen LogP contribution in [0.2, 0.25) is 0 Å². The molecule has 0 aliphatic heterocycles. The molecular formula is C21H29N. The summed E-state index contributed by atoms with van der Waals surface area (Å²) in [4.78, 5) is 4.40. The topological polar surface area (TPSA) is 12.9 Å². The second-order valence-corrected chi connectivity index (χ2v) is 6.14. The van der Waals surface area contributed by atoms with Gasteiger partial charge in [0.05, 0.1) is 5.69 Å². The van der Waals surface area contributed by atoms with Gasteiger partial charge in [-0.15, -0.1) is 0 Å². The normalized spacial score (nSPS) is 10.8. The van der Waals surface area contributed by atoms with Crippen LogP contribution >= 0.6 is 0 Å². The van der Waals surface area contributed by atoms with Crippen LogP contribution < -0.4 is 0 Å². The Hall–Kier alpha value is -1.63. The highest BCUT2D eigenvalue weighted by Gasteiger charge is 1.99. The molecule has 2 rings (SSSR count). The first-order valence-corrected chi connectivity index (χ1v) is 8.90. The van der Waals surface area contributed by atoms with Crippen LogP contribution in [-0.4, -0.2) is 4.98 Å². The standard InChI is InChI=1S/C21H29N/c1-2-3-4-5-6-7-8-9-12-19-14-16-20(17-15-19)21-13-10-11-18-22-21/h10-11,13-18H,2-9,12H2,1H3. The van der Waals surface area contributed by atoms with Gasteiger partial charge < -0.3 is 0 Å². The summed E-state index contributed by atoms with van der Waals surface area (Å²) >= 11 is 0. The molecule has 0 fully saturated rings. The van der Waals surface area contributed by atoms with E-state index in [9.17, 15) is 0 Å². The summed E-state index contributed by atoms with van der Waals surface area (Å²) < 4.78 is 0. The van der Waals surface area contributed by atoms with Crippen LogP contribution in [0.25, 0.3) is 11.3 Å². The Bertz CT molecular complexity index is 501. The van der Waals surface area contributed by atoms with Crippen molar-refractivity contribution < 1.29 is 0 Å². The lowest BCUT2D eigenvalue weighted by Gasteiger charge is -2.04. The van der Waals surface area contributed by atoms with Crippen LogP contribution in [-0.2, 0) is 6.42 Å². The molecule has 0 atom stereocenters. The summed E-state index contributed by atoms with van der Waals surface area (Å²) in [5.41, 5.74) is 3.71. The fourth-order valence-electron chi connectivity index (χ4n) is 2.84. The number of hydrogen-bond donors (Lipinski definition) is 0. The molecule has 22 heavy (non-hydrogen) atoms. The minimum Gasteiger partial charge on any atom is -0.256 e. The first-order valence-electron chi connectivity index (χ1n) is 8.90. The molecule has 0 unspecified atom stereocenters. The fourth-order valence-corrected chi connectivity index (χ4v) is 2.84. The molecule has 2 aromatic rings. The molecule has 1 aromatic heterocycles. The molecule has 0 aliphatic rings. The van der Waals surface area contributed by atoms with E-state index in [1.165, 1.54) is 68.9 Å². The Kier molecular flexibility index (Phi) is 7.73. The Morgan fingerprint density at radius 1 is 0.727 bits per heavy atom. The van der Waals surface area contributed by atoms with Gasteiger partial charge in [0.25, 0.3) is 0 Å². The lowest BCUT2D eigenvalue weighted by molar-refractivity contribution is 0.575. The molecule has 1 heterocycles. The third-order valence-electron chi connectivity index (χ3n) is 4.23. The van der Waals surface area contributed by atoms with Gasteiger partial charge in [-0.25, -0.2) is 0 Å². The monoisotopic (exact) mass is 295 g/mol. The van der Waals surface area contributed by atoms with Crippen molar-refractivity contribution in [2.24, 2.45) is 0 Å². The van der Waals surface area contributed by atoms with Crippen LogP contribution in [0.4, 0.5) is 0 Å². The second kappa shape index (κ2) is 10.2. The summed E-state index contributed by atoms with van der Waals surface area (Å²) in [6, 6.07) is 15.0. The van der Waals surface area contributed by atoms with Crippen LogP contribution in [0.5, 0.6) is 0 Å². The zero-order chi connectivity index (χ0) is 15.5. The molecule has 1 nitrogen and oxygen atoms in total. The number of nitrogens with zero attached hydrogens (tertiary/aromatic N) is 1. The second-order valence-electron chi connectivity index (χ2n) is 6.14. The molecule has 1 aromatic carbocycles. The van der Waals surface area contributed by atoms with Crippen molar-refractivity contribution in [2.45, 2.75) is 64.7 Å². The maximum atomic E-state index is 4.40. The molecule has 0 bridgehead atoms. The number of rotatable bonds is 10. The Morgan fingerprint density at radius 2 is 1.41 bits per heavy atom. The SMILES string of the molecule is CCCCCCCCCCc1ccc(-c2ccccn2)cc1. The Balaban J connectivity index is 1.65. The predicted molar refractivity (Wildman–Crippen MR) is 96.0 cm³/mol. The van der Waals surface area contributed by atoms with Crippen molar-refractivity contribution >= 4 is 0 Å². The number of pyridine rings is 1. The zero-order valence-electron chi connectivity index (χ0n) is 13.9. The average molecular weight is 295 g/mol. The first-order chi connectivity index (χ1) is 10.9. The van der Waals surface area contributed by atoms with E-state index in [4.69, 9.17) is 0 Å².